The van der Waals surface area contributed by atoms with Gasteiger partial charge in [-0.3, -0.25) is 4.79 Å². The van der Waals surface area contributed by atoms with Crippen molar-refractivity contribution < 1.29 is 4.79 Å². The SMILES string of the molecule is C=CCc1ccc(C/C(C)=N/N=C(\C)C(=O)c2cccc(-c3ccccc3)c2)cc1. The van der Waals surface area contributed by atoms with E-state index in [1.165, 1.54) is 11.1 Å². The van der Waals surface area contributed by atoms with Crippen LogP contribution in [0.5, 0.6) is 0 Å². The van der Waals surface area contributed by atoms with Crippen LogP contribution in [0, 0.1) is 0 Å². The zero-order chi connectivity index (χ0) is 21.3. The molecule has 0 N–H and O–H groups in total. The van der Waals surface area contributed by atoms with Crippen molar-refractivity contribution in [1.29, 1.82) is 0 Å². The highest BCUT2D eigenvalue weighted by Crippen LogP contribution is 2.20. The van der Waals surface area contributed by atoms with Gasteiger partial charge in [0, 0.05) is 17.7 Å². The molecular weight excluding hydrogens is 368 g/mol. The molecule has 0 aliphatic carbocycles. The highest BCUT2D eigenvalue weighted by atomic mass is 16.1. The van der Waals surface area contributed by atoms with Gasteiger partial charge in [-0.05, 0) is 48.6 Å². The summed E-state index contributed by atoms with van der Waals surface area (Å²) in [5.41, 5.74) is 6.34. The molecule has 0 unspecified atom stereocenters. The average molecular weight is 395 g/mol. The van der Waals surface area contributed by atoms with Crippen LogP contribution in [-0.4, -0.2) is 17.2 Å². The summed E-state index contributed by atoms with van der Waals surface area (Å²) in [5, 5.41) is 8.46. The zero-order valence-electron chi connectivity index (χ0n) is 17.5. The summed E-state index contributed by atoms with van der Waals surface area (Å²) in [5.74, 6) is -0.113. The Bertz CT molecular complexity index is 1080. The summed E-state index contributed by atoms with van der Waals surface area (Å²) in [4.78, 5) is 12.8. The van der Waals surface area contributed by atoms with E-state index in [-0.39, 0.29) is 5.78 Å². The molecule has 0 fully saturated rings. The van der Waals surface area contributed by atoms with Crippen LogP contribution in [-0.2, 0) is 12.8 Å². The molecule has 150 valence electrons. The van der Waals surface area contributed by atoms with Gasteiger partial charge >= 0.3 is 0 Å². The first-order valence-corrected chi connectivity index (χ1v) is 10.0. The normalized spacial score (nSPS) is 11.9. The van der Waals surface area contributed by atoms with Crippen molar-refractivity contribution in [3.63, 3.8) is 0 Å². The number of rotatable bonds is 8. The maximum atomic E-state index is 12.8. The monoisotopic (exact) mass is 394 g/mol. The molecule has 0 amide bonds. The van der Waals surface area contributed by atoms with Gasteiger partial charge < -0.3 is 0 Å². The summed E-state index contributed by atoms with van der Waals surface area (Å²) in [6.45, 7) is 7.39. The quantitative estimate of drug-likeness (QED) is 0.190. The summed E-state index contributed by atoms with van der Waals surface area (Å²) in [6.07, 6.45) is 3.46. The van der Waals surface area contributed by atoms with Gasteiger partial charge in [-0.15, -0.1) is 6.58 Å². The van der Waals surface area contributed by atoms with Gasteiger partial charge in [-0.25, -0.2) is 0 Å². The Labute approximate surface area is 178 Å². The molecule has 3 aromatic carbocycles. The fourth-order valence-electron chi connectivity index (χ4n) is 3.18. The van der Waals surface area contributed by atoms with Crippen molar-refractivity contribution in [2.75, 3.05) is 0 Å². The van der Waals surface area contributed by atoms with Crippen LogP contribution in [0.2, 0.25) is 0 Å². The smallest absolute Gasteiger partial charge is 0.208 e. The number of nitrogens with zero attached hydrogens (tertiary/aromatic N) is 2. The summed E-state index contributed by atoms with van der Waals surface area (Å²) < 4.78 is 0. The van der Waals surface area contributed by atoms with E-state index in [4.69, 9.17) is 0 Å². The third-order valence-corrected chi connectivity index (χ3v) is 4.79. The molecule has 0 bridgehead atoms. The number of hydrogen-bond donors (Lipinski definition) is 0. The Morgan fingerprint density at radius 1 is 0.833 bits per heavy atom. The third kappa shape index (κ3) is 5.71. The Kier molecular flexibility index (Phi) is 7.23. The lowest BCUT2D eigenvalue weighted by molar-refractivity contribution is 0.106. The summed E-state index contributed by atoms with van der Waals surface area (Å²) >= 11 is 0. The lowest BCUT2D eigenvalue weighted by Crippen LogP contribution is -2.10. The van der Waals surface area contributed by atoms with Crippen LogP contribution in [0.3, 0.4) is 0 Å². The fourth-order valence-corrected chi connectivity index (χ4v) is 3.18. The molecule has 30 heavy (non-hydrogen) atoms. The number of carbonyl (C=O) groups excluding carboxylic acids is 1. The lowest BCUT2D eigenvalue weighted by Gasteiger charge is -2.05. The average Bonchev–Trinajstić information content (AvgIpc) is 2.79. The molecule has 0 heterocycles. The Morgan fingerprint density at radius 3 is 2.20 bits per heavy atom. The molecule has 0 saturated carbocycles. The van der Waals surface area contributed by atoms with Crippen molar-refractivity contribution in [3.05, 3.63) is 108 Å². The topological polar surface area (TPSA) is 41.8 Å². The van der Waals surface area contributed by atoms with Crippen molar-refractivity contribution in [1.82, 2.24) is 0 Å². The second kappa shape index (κ2) is 10.3. The molecule has 0 saturated heterocycles. The first-order chi connectivity index (χ1) is 14.6. The molecule has 0 aliphatic heterocycles. The van der Waals surface area contributed by atoms with Gasteiger partial charge in [-0.1, -0.05) is 78.9 Å². The van der Waals surface area contributed by atoms with E-state index in [0.717, 1.165) is 23.3 Å². The molecule has 0 spiro atoms. The minimum Gasteiger partial charge on any atom is -0.287 e. The van der Waals surface area contributed by atoms with E-state index in [1.54, 1.807) is 6.92 Å². The molecule has 0 aliphatic rings. The standard InChI is InChI=1S/C27H26N2O/c1-4-9-22-14-16-23(17-15-22)18-20(2)28-29-21(3)27(30)26-13-8-12-25(19-26)24-10-6-5-7-11-24/h4-8,10-17,19H,1,9,18H2,2-3H3/b28-20+,29-21+. The number of hydrogen-bond acceptors (Lipinski definition) is 3. The molecule has 3 heteroatoms. The molecule has 3 aromatic rings. The summed E-state index contributed by atoms with van der Waals surface area (Å²) in [6, 6.07) is 26.0. The second-order valence-corrected chi connectivity index (χ2v) is 7.28. The van der Waals surface area contributed by atoms with Crippen molar-refractivity contribution in [2.24, 2.45) is 10.2 Å². The van der Waals surface area contributed by atoms with Crippen LogP contribution in [0.15, 0.2) is 102 Å². The number of ketones is 1. The molecule has 0 radical (unpaired) electrons. The van der Waals surface area contributed by atoms with E-state index in [1.807, 2.05) is 67.6 Å². The number of allylic oxidation sites excluding steroid dienone is 1. The molecule has 3 rings (SSSR count). The predicted molar refractivity (Wildman–Crippen MR) is 126 cm³/mol. The molecule has 0 aromatic heterocycles. The van der Waals surface area contributed by atoms with Crippen LogP contribution in [0.4, 0.5) is 0 Å². The zero-order valence-corrected chi connectivity index (χ0v) is 17.5. The second-order valence-electron chi connectivity index (χ2n) is 7.28. The first-order valence-electron chi connectivity index (χ1n) is 10.0. The van der Waals surface area contributed by atoms with Gasteiger partial charge in [0.15, 0.2) is 0 Å². The number of benzene rings is 3. The maximum absolute atomic E-state index is 12.8. The van der Waals surface area contributed by atoms with Gasteiger partial charge in [0.1, 0.15) is 5.71 Å². The van der Waals surface area contributed by atoms with E-state index in [0.29, 0.717) is 17.7 Å². The van der Waals surface area contributed by atoms with Gasteiger partial charge in [0.2, 0.25) is 5.78 Å². The van der Waals surface area contributed by atoms with E-state index in [9.17, 15) is 4.79 Å². The molecular formula is C27H26N2O. The predicted octanol–water partition coefficient (Wildman–Crippen LogP) is 6.34. The van der Waals surface area contributed by atoms with E-state index in [2.05, 4.69) is 41.0 Å². The van der Waals surface area contributed by atoms with Crippen molar-refractivity contribution in [2.45, 2.75) is 26.7 Å². The van der Waals surface area contributed by atoms with Gasteiger partial charge in [0.05, 0.1) is 0 Å². The highest BCUT2D eigenvalue weighted by Gasteiger charge is 2.11. The number of Topliss-reactive ketones (excluding diaryl/α,β-unsaturated/α-hetero) is 1. The molecule has 0 atom stereocenters. The van der Waals surface area contributed by atoms with Gasteiger partial charge in [0.25, 0.3) is 0 Å². The first kappa shape index (κ1) is 21.1. The highest BCUT2D eigenvalue weighted by molar-refractivity contribution is 6.45. The Morgan fingerprint density at radius 2 is 1.50 bits per heavy atom. The fraction of sp³-hybridized carbons (Fsp3) is 0.148. The minimum atomic E-state index is -0.113. The molecule has 3 nitrogen and oxygen atoms in total. The van der Waals surface area contributed by atoms with Crippen molar-refractivity contribution >= 4 is 17.2 Å². The maximum Gasteiger partial charge on any atom is 0.208 e. The minimum absolute atomic E-state index is 0.113. The summed E-state index contributed by atoms with van der Waals surface area (Å²) in [7, 11) is 0. The Balaban J connectivity index is 1.70. The lowest BCUT2D eigenvalue weighted by atomic mass is 10.00. The Hall–Kier alpha value is -3.59. The van der Waals surface area contributed by atoms with Crippen LogP contribution in [0.25, 0.3) is 11.1 Å². The van der Waals surface area contributed by atoms with E-state index < -0.39 is 0 Å². The third-order valence-electron chi connectivity index (χ3n) is 4.79. The number of carbonyl (C=O) groups is 1. The van der Waals surface area contributed by atoms with Crippen LogP contribution in [0.1, 0.15) is 35.3 Å². The largest absolute Gasteiger partial charge is 0.287 e. The van der Waals surface area contributed by atoms with Crippen molar-refractivity contribution in [3.8, 4) is 11.1 Å². The van der Waals surface area contributed by atoms with E-state index >= 15 is 0 Å². The van der Waals surface area contributed by atoms with Crippen LogP contribution >= 0.6 is 0 Å². The van der Waals surface area contributed by atoms with Crippen LogP contribution < -0.4 is 0 Å². The van der Waals surface area contributed by atoms with Gasteiger partial charge in [-0.2, -0.15) is 10.2 Å².